The van der Waals surface area contributed by atoms with Crippen molar-refractivity contribution in [3.63, 3.8) is 0 Å². The number of hydrogen-bond acceptors (Lipinski definition) is 5. The van der Waals surface area contributed by atoms with Gasteiger partial charge in [-0.05, 0) is 11.6 Å². The van der Waals surface area contributed by atoms with Crippen molar-refractivity contribution >= 4 is 18.0 Å². The molecular weight excluding hydrogens is 316 g/mol. The number of amides is 2. The Balaban J connectivity index is 1.49. The third kappa shape index (κ3) is 3.17. The number of rotatable bonds is 5. The summed E-state index contributed by atoms with van der Waals surface area (Å²) in [7, 11) is 0. The molecule has 1 aromatic carbocycles. The molecule has 0 saturated carbocycles. The van der Waals surface area contributed by atoms with Crippen LogP contribution in [-0.2, 0) is 25.7 Å². The van der Waals surface area contributed by atoms with Crippen LogP contribution in [0.5, 0.6) is 0 Å². The number of aliphatic carboxylic acids is 1. The number of carboxylic acid groups (broad SMARTS) is 1. The SMILES string of the molecule is O=C(NC/C=C1\O[C@H]2CC(=O)N2[C@@H]1C(=O)O)OCc1ccccc1. The van der Waals surface area contributed by atoms with Crippen LogP contribution >= 0.6 is 0 Å². The minimum atomic E-state index is -1.16. The van der Waals surface area contributed by atoms with E-state index in [4.69, 9.17) is 9.47 Å². The maximum Gasteiger partial charge on any atom is 0.407 e. The van der Waals surface area contributed by atoms with Crippen molar-refractivity contribution < 1.29 is 29.0 Å². The number of benzene rings is 1. The molecule has 0 radical (unpaired) electrons. The summed E-state index contributed by atoms with van der Waals surface area (Å²) in [5.41, 5.74) is 0.860. The smallest absolute Gasteiger partial charge is 0.407 e. The quantitative estimate of drug-likeness (QED) is 0.774. The molecular formula is C16H16N2O6. The largest absolute Gasteiger partial charge is 0.479 e. The van der Waals surface area contributed by atoms with E-state index in [1.807, 2.05) is 30.3 Å². The van der Waals surface area contributed by atoms with E-state index in [1.54, 1.807) is 0 Å². The molecule has 24 heavy (non-hydrogen) atoms. The molecule has 2 N–H and O–H groups in total. The zero-order valence-corrected chi connectivity index (χ0v) is 12.7. The van der Waals surface area contributed by atoms with Gasteiger partial charge in [-0.25, -0.2) is 9.59 Å². The number of nitrogens with zero attached hydrogens (tertiary/aromatic N) is 1. The fourth-order valence-electron chi connectivity index (χ4n) is 2.58. The van der Waals surface area contributed by atoms with Crippen molar-refractivity contribution in [2.45, 2.75) is 25.3 Å². The first-order valence-corrected chi connectivity index (χ1v) is 7.41. The van der Waals surface area contributed by atoms with E-state index < -0.39 is 24.3 Å². The highest BCUT2D eigenvalue weighted by Crippen LogP contribution is 2.36. The summed E-state index contributed by atoms with van der Waals surface area (Å²) >= 11 is 0. The molecule has 3 rings (SSSR count). The highest BCUT2D eigenvalue weighted by molar-refractivity contribution is 5.91. The Bertz CT molecular complexity index is 687. The number of alkyl carbamates (subject to hydrolysis) is 1. The van der Waals surface area contributed by atoms with E-state index in [2.05, 4.69) is 5.32 Å². The Morgan fingerprint density at radius 2 is 2.12 bits per heavy atom. The average molecular weight is 332 g/mol. The molecule has 2 aliphatic rings. The van der Waals surface area contributed by atoms with Crippen molar-refractivity contribution in [2.75, 3.05) is 6.54 Å². The second-order valence-corrected chi connectivity index (χ2v) is 5.37. The minimum Gasteiger partial charge on any atom is -0.479 e. The number of fused-ring (bicyclic) bond motifs is 1. The molecule has 2 heterocycles. The Hall–Kier alpha value is -3.03. The number of ether oxygens (including phenoxy) is 2. The average Bonchev–Trinajstić information content (AvgIpc) is 2.86. The van der Waals surface area contributed by atoms with Crippen molar-refractivity contribution in [1.82, 2.24) is 10.2 Å². The lowest BCUT2D eigenvalue weighted by Crippen LogP contribution is -2.54. The molecule has 0 unspecified atom stereocenters. The van der Waals surface area contributed by atoms with Crippen LogP contribution in [0.1, 0.15) is 12.0 Å². The zero-order valence-electron chi connectivity index (χ0n) is 12.7. The first-order chi connectivity index (χ1) is 11.6. The molecule has 2 atom stereocenters. The molecule has 0 aromatic heterocycles. The van der Waals surface area contributed by atoms with Crippen LogP contribution in [0.25, 0.3) is 0 Å². The van der Waals surface area contributed by atoms with Crippen LogP contribution < -0.4 is 5.32 Å². The monoisotopic (exact) mass is 332 g/mol. The van der Waals surface area contributed by atoms with Crippen molar-refractivity contribution in [3.05, 3.63) is 47.7 Å². The lowest BCUT2D eigenvalue weighted by molar-refractivity contribution is -0.163. The molecule has 2 amide bonds. The van der Waals surface area contributed by atoms with Gasteiger partial charge in [0.2, 0.25) is 5.91 Å². The highest BCUT2D eigenvalue weighted by atomic mass is 16.5. The third-order valence-electron chi connectivity index (χ3n) is 3.76. The van der Waals surface area contributed by atoms with Crippen molar-refractivity contribution in [3.8, 4) is 0 Å². The number of nitrogens with one attached hydrogen (secondary N) is 1. The summed E-state index contributed by atoms with van der Waals surface area (Å²) in [6, 6.07) is 8.09. The number of carboxylic acids is 1. The van der Waals surface area contributed by atoms with Gasteiger partial charge in [-0.2, -0.15) is 0 Å². The Labute approximate surface area is 137 Å². The van der Waals surface area contributed by atoms with Gasteiger partial charge >= 0.3 is 12.1 Å². The predicted octanol–water partition coefficient (Wildman–Crippen LogP) is 0.838. The Morgan fingerprint density at radius 1 is 1.38 bits per heavy atom. The second kappa shape index (κ2) is 6.61. The van der Waals surface area contributed by atoms with Gasteiger partial charge < -0.3 is 19.9 Å². The lowest BCUT2D eigenvalue weighted by Gasteiger charge is -2.33. The highest BCUT2D eigenvalue weighted by Gasteiger charge is 2.53. The maximum absolute atomic E-state index is 11.6. The van der Waals surface area contributed by atoms with E-state index in [0.29, 0.717) is 0 Å². The van der Waals surface area contributed by atoms with E-state index in [0.717, 1.165) is 5.56 Å². The molecule has 0 aliphatic carbocycles. The van der Waals surface area contributed by atoms with Crippen LogP contribution in [0.2, 0.25) is 0 Å². The predicted molar refractivity (Wildman–Crippen MR) is 80.5 cm³/mol. The molecule has 0 bridgehead atoms. The lowest BCUT2D eigenvalue weighted by atomic mass is 10.1. The maximum atomic E-state index is 11.6. The van der Waals surface area contributed by atoms with Gasteiger partial charge in [-0.3, -0.25) is 9.69 Å². The number of carbonyl (C=O) groups is 3. The van der Waals surface area contributed by atoms with Gasteiger partial charge in [-0.15, -0.1) is 0 Å². The molecule has 1 aromatic rings. The Morgan fingerprint density at radius 3 is 2.79 bits per heavy atom. The first kappa shape index (κ1) is 15.9. The number of hydrogen-bond donors (Lipinski definition) is 2. The second-order valence-electron chi connectivity index (χ2n) is 5.37. The molecule has 8 heteroatoms. The molecule has 8 nitrogen and oxygen atoms in total. The summed E-state index contributed by atoms with van der Waals surface area (Å²) < 4.78 is 10.4. The summed E-state index contributed by atoms with van der Waals surface area (Å²) in [4.78, 5) is 35.5. The summed E-state index contributed by atoms with van der Waals surface area (Å²) in [5.74, 6) is -1.27. The van der Waals surface area contributed by atoms with Crippen LogP contribution in [0.15, 0.2) is 42.2 Å². The van der Waals surface area contributed by atoms with E-state index in [-0.39, 0.29) is 31.2 Å². The van der Waals surface area contributed by atoms with E-state index >= 15 is 0 Å². The van der Waals surface area contributed by atoms with Crippen LogP contribution in [0, 0.1) is 0 Å². The third-order valence-corrected chi connectivity index (χ3v) is 3.76. The molecule has 2 saturated heterocycles. The van der Waals surface area contributed by atoms with Gasteiger partial charge in [0.15, 0.2) is 12.3 Å². The fraction of sp³-hybridized carbons (Fsp3) is 0.312. The molecule has 2 aliphatic heterocycles. The first-order valence-electron chi connectivity index (χ1n) is 7.41. The van der Waals surface area contributed by atoms with Gasteiger partial charge in [-0.1, -0.05) is 30.3 Å². The van der Waals surface area contributed by atoms with E-state index in [9.17, 15) is 19.5 Å². The molecule has 126 valence electrons. The fourth-order valence-corrected chi connectivity index (χ4v) is 2.58. The van der Waals surface area contributed by atoms with Crippen LogP contribution in [0.3, 0.4) is 0 Å². The van der Waals surface area contributed by atoms with Crippen molar-refractivity contribution in [2.24, 2.45) is 0 Å². The van der Waals surface area contributed by atoms with Crippen molar-refractivity contribution in [1.29, 1.82) is 0 Å². The van der Waals surface area contributed by atoms with Crippen LogP contribution in [-0.4, -0.2) is 46.8 Å². The van der Waals surface area contributed by atoms with Gasteiger partial charge in [0, 0.05) is 6.54 Å². The number of β-lactam (4-membered cyclic amide) rings is 1. The molecule has 2 fully saturated rings. The minimum absolute atomic E-state index is 0.0431. The summed E-state index contributed by atoms with van der Waals surface area (Å²) in [6.07, 6.45) is 0.469. The topological polar surface area (TPSA) is 105 Å². The normalized spacial score (nSPS) is 23.2. The van der Waals surface area contributed by atoms with Gasteiger partial charge in [0.05, 0.1) is 6.42 Å². The standard InChI is InChI=1S/C16H16N2O6/c19-12-8-13-18(12)14(15(20)21)11(24-13)6-7-17-16(22)23-9-10-4-2-1-3-5-10/h1-6,13-14H,7-9H2,(H,17,22)(H,20,21)/b11-6-/t13-,14-/m0/s1. The Kier molecular flexibility index (Phi) is 4.37. The summed E-state index contributed by atoms with van der Waals surface area (Å²) in [6.45, 7) is 0.184. The molecule has 0 spiro atoms. The zero-order chi connectivity index (χ0) is 17.1. The number of carbonyl (C=O) groups excluding carboxylic acids is 2. The van der Waals surface area contributed by atoms with Gasteiger partial charge in [0.25, 0.3) is 0 Å². The van der Waals surface area contributed by atoms with Crippen LogP contribution in [0.4, 0.5) is 4.79 Å². The summed E-state index contributed by atoms with van der Waals surface area (Å²) in [5, 5.41) is 11.7. The van der Waals surface area contributed by atoms with Gasteiger partial charge in [0.1, 0.15) is 12.4 Å². The van der Waals surface area contributed by atoms with E-state index in [1.165, 1.54) is 11.0 Å².